The second-order valence-electron chi connectivity index (χ2n) is 5.82. The highest BCUT2D eigenvalue weighted by molar-refractivity contribution is 8.18. The van der Waals surface area contributed by atoms with Gasteiger partial charge < -0.3 is 9.72 Å². The Bertz CT molecular complexity index is 1050. The molecule has 0 spiro atoms. The zero-order valence-corrected chi connectivity index (χ0v) is 14.7. The average molecular weight is 348 g/mol. The molecule has 1 amide bonds. The van der Waals surface area contributed by atoms with Gasteiger partial charge in [-0.1, -0.05) is 18.2 Å². The van der Waals surface area contributed by atoms with Gasteiger partial charge in [0, 0.05) is 6.20 Å². The van der Waals surface area contributed by atoms with E-state index in [2.05, 4.69) is 15.3 Å². The van der Waals surface area contributed by atoms with Crippen molar-refractivity contribution in [3.05, 3.63) is 70.6 Å². The molecule has 2 aromatic heterocycles. The first-order chi connectivity index (χ1) is 12.1. The van der Waals surface area contributed by atoms with Crippen LogP contribution in [0.2, 0.25) is 0 Å². The minimum atomic E-state index is -0.147. The number of amidine groups is 1. The largest absolute Gasteiger partial charge is 0.303 e. The van der Waals surface area contributed by atoms with E-state index in [1.165, 1.54) is 11.8 Å². The third-order valence-corrected chi connectivity index (χ3v) is 4.81. The molecule has 1 aromatic carbocycles. The zero-order valence-electron chi connectivity index (χ0n) is 13.9. The van der Waals surface area contributed by atoms with Crippen molar-refractivity contribution < 1.29 is 4.79 Å². The molecule has 0 aliphatic carbocycles. The van der Waals surface area contributed by atoms with E-state index in [1.807, 2.05) is 73.0 Å². The number of nitrogens with one attached hydrogen (secondary N) is 1. The molecule has 0 atom stereocenters. The van der Waals surface area contributed by atoms with Crippen molar-refractivity contribution in [3.8, 4) is 0 Å². The van der Waals surface area contributed by atoms with E-state index >= 15 is 0 Å². The van der Waals surface area contributed by atoms with Crippen LogP contribution in [0.5, 0.6) is 0 Å². The van der Waals surface area contributed by atoms with Crippen LogP contribution in [-0.2, 0) is 4.79 Å². The Morgan fingerprint density at radius 1 is 1.20 bits per heavy atom. The number of carbonyl (C=O) groups excluding carboxylic acids is 1. The molecule has 3 heterocycles. The first kappa shape index (κ1) is 15.7. The molecule has 0 saturated carbocycles. The van der Waals surface area contributed by atoms with Gasteiger partial charge in [0.2, 0.25) is 0 Å². The maximum absolute atomic E-state index is 12.3. The van der Waals surface area contributed by atoms with Gasteiger partial charge in [-0.15, -0.1) is 0 Å². The number of rotatable bonds is 2. The Hall–Kier alpha value is -2.86. The van der Waals surface area contributed by atoms with Crippen LogP contribution in [0.3, 0.4) is 0 Å². The van der Waals surface area contributed by atoms with Crippen molar-refractivity contribution in [2.45, 2.75) is 13.8 Å². The summed E-state index contributed by atoms with van der Waals surface area (Å²) in [7, 11) is 0. The molecule has 0 bridgehead atoms. The highest BCUT2D eigenvalue weighted by Crippen LogP contribution is 2.29. The van der Waals surface area contributed by atoms with Crippen LogP contribution < -0.4 is 5.32 Å². The number of benzene rings is 1. The van der Waals surface area contributed by atoms with Crippen molar-refractivity contribution >= 4 is 40.1 Å². The maximum Gasteiger partial charge on any atom is 0.264 e. The van der Waals surface area contributed by atoms with Gasteiger partial charge in [-0.2, -0.15) is 0 Å². The van der Waals surface area contributed by atoms with Gasteiger partial charge in [0.1, 0.15) is 5.82 Å². The van der Waals surface area contributed by atoms with Gasteiger partial charge in [-0.25, -0.2) is 9.98 Å². The number of carbonyl (C=O) groups is 1. The second-order valence-corrected chi connectivity index (χ2v) is 6.85. The number of imidazole rings is 1. The van der Waals surface area contributed by atoms with Crippen molar-refractivity contribution in [3.63, 3.8) is 0 Å². The number of thioether (sulfide) groups is 1. The molecule has 0 radical (unpaired) electrons. The Labute approximate surface area is 149 Å². The number of aliphatic imine (C=N–C) groups is 1. The number of hydrogen-bond donors (Lipinski definition) is 1. The second kappa shape index (κ2) is 6.22. The fraction of sp³-hybridized carbons (Fsp3) is 0.105. The quantitative estimate of drug-likeness (QED) is 0.716. The van der Waals surface area contributed by atoms with Gasteiger partial charge >= 0.3 is 0 Å². The Balaban J connectivity index is 1.67. The maximum atomic E-state index is 12.3. The number of nitrogens with zero attached hydrogens (tertiary/aromatic N) is 3. The summed E-state index contributed by atoms with van der Waals surface area (Å²) >= 11 is 1.33. The number of amides is 1. The van der Waals surface area contributed by atoms with Crippen molar-refractivity contribution in [2.24, 2.45) is 4.99 Å². The molecule has 1 aliphatic rings. The van der Waals surface area contributed by atoms with Crippen LogP contribution in [0, 0.1) is 13.8 Å². The molecule has 25 heavy (non-hydrogen) atoms. The molecule has 1 N–H and O–H groups in total. The van der Waals surface area contributed by atoms with E-state index in [1.54, 1.807) is 0 Å². The molecule has 5 nitrogen and oxygen atoms in total. The molecule has 1 saturated heterocycles. The lowest BCUT2D eigenvalue weighted by Gasteiger charge is -1.97. The normalized spacial score (nSPS) is 17.6. The Morgan fingerprint density at radius 2 is 2.08 bits per heavy atom. The van der Waals surface area contributed by atoms with E-state index < -0.39 is 0 Å². The minimum Gasteiger partial charge on any atom is -0.303 e. The molecule has 1 fully saturated rings. The third kappa shape index (κ3) is 3.08. The zero-order chi connectivity index (χ0) is 17.4. The molecule has 6 heteroatoms. The van der Waals surface area contributed by atoms with Crippen molar-refractivity contribution in [1.29, 1.82) is 0 Å². The summed E-state index contributed by atoms with van der Waals surface area (Å²) in [5.74, 6) is 0.741. The van der Waals surface area contributed by atoms with Crippen LogP contribution in [0.15, 0.2) is 58.6 Å². The molecular formula is C19H16N4OS. The van der Waals surface area contributed by atoms with E-state index in [0.717, 1.165) is 28.3 Å². The Morgan fingerprint density at radius 3 is 2.92 bits per heavy atom. The summed E-state index contributed by atoms with van der Waals surface area (Å²) in [5.41, 5.74) is 3.72. The SMILES string of the molecule is Cc1cccc(N=C2NC(=O)/C(=C/c3nc(C)n4ccccc34)S2)c1. The molecule has 1 aliphatic heterocycles. The number of pyridine rings is 1. The predicted octanol–water partition coefficient (Wildman–Crippen LogP) is 3.84. The van der Waals surface area contributed by atoms with Gasteiger partial charge in [0.25, 0.3) is 5.91 Å². The fourth-order valence-corrected chi connectivity index (χ4v) is 3.56. The van der Waals surface area contributed by atoms with Crippen LogP contribution in [0.4, 0.5) is 5.69 Å². The van der Waals surface area contributed by atoms with Gasteiger partial charge in [-0.3, -0.25) is 4.79 Å². The number of aromatic nitrogens is 2. The monoisotopic (exact) mass is 348 g/mol. The van der Waals surface area contributed by atoms with E-state index in [0.29, 0.717) is 10.1 Å². The standard InChI is InChI=1S/C19H16N4OS/c1-12-6-5-7-14(10-12)21-19-22-18(24)17(25-19)11-15-16-8-3-4-9-23(16)13(2)20-15/h3-11H,1-2H3,(H,21,22,24)/b17-11-. The number of hydrogen-bond acceptors (Lipinski definition) is 4. The highest BCUT2D eigenvalue weighted by Gasteiger charge is 2.24. The summed E-state index contributed by atoms with van der Waals surface area (Å²) in [6, 6.07) is 13.8. The Kier molecular flexibility index (Phi) is 3.89. The van der Waals surface area contributed by atoms with Crippen LogP contribution in [-0.4, -0.2) is 20.5 Å². The van der Waals surface area contributed by atoms with Crippen molar-refractivity contribution in [1.82, 2.24) is 14.7 Å². The van der Waals surface area contributed by atoms with Crippen LogP contribution in [0.25, 0.3) is 11.6 Å². The molecule has 4 rings (SSSR count). The fourth-order valence-electron chi connectivity index (χ4n) is 2.75. The first-order valence-corrected chi connectivity index (χ1v) is 8.72. The van der Waals surface area contributed by atoms with Gasteiger partial charge in [0.15, 0.2) is 5.17 Å². The smallest absolute Gasteiger partial charge is 0.264 e. The minimum absolute atomic E-state index is 0.147. The summed E-state index contributed by atoms with van der Waals surface area (Å²) in [5, 5.41) is 3.40. The van der Waals surface area contributed by atoms with Gasteiger partial charge in [0.05, 0.1) is 21.8 Å². The predicted molar refractivity (Wildman–Crippen MR) is 102 cm³/mol. The first-order valence-electron chi connectivity index (χ1n) is 7.90. The molecular weight excluding hydrogens is 332 g/mol. The van der Waals surface area contributed by atoms with Crippen molar-refractivity contribution in [2.75, 3.05) is 0 Å². The summed E-state index contributed by atoms with van der Waals surface area (Å²) in [6.07, 6.45) is 3.78. The van der Waals surface area contributed by atoms with E-state index in [-0.39, 0.29) is 5.91 Å². The third-order valence-electron chi connectivity index (χ3n) is 3.90. The number of aryl methyl sites for hydroxylation is 2. The van der Waals surface area contributed by atoms with E-state index in [4.69, 9.17) is 0 Å². The number of fused-ring (bicyclic) bond motifs is 1. The van der Waals surface area contributed by atoms with Crippen LogP contribution >= 0.6 is 11.8 Å². The highest BCUT2D eigenvalue weighted by atomic mass is 32.2. The van der Waals surface area contributed by atoms with E-state index in [9.17, 15) is 4.79 Å². The molecule has 3 aromatic rings. The average Bonchev–Trinajstić information content (AvgIpc) is 3.09. The lowest BCUT2D eigenvalue weighted by atomic mass is 10.2. The summed E-state index contributed by atoms with van der Waals surface area (Å²) < 4.78 is 2.01. The van der Waals surface area contributed by atoms with Gasteiger partial charge in [-0.05, 0) is 61.5 Å². The lowest BCUT2D eigenvalue weighted by Crippen LogP contribution is -2.19. The molecule has 0 unspecified atom stereocenters. The summed E-state index contributed by atoms with van der Waals surface area (Å²) in [4.78, 5) is 21.9. The summed E-state index contributed by atoms with van der Waals surface area (Å²) in [6.45, 7) is 3.96. The molecule has 124 valence electrons. The topological polar surface area (TPSA) is 58.8 Å². The van der Waals surface area contributed by atoms with Crippen LogP contribution in [0.1, 0.15) is 17.1 Å². The lowest BCUT2D eigenvalue weighted by molar-refractivity contribution is -0.115.